The first-order chi connectivity index (χ1) is 12.9. The van der Waals surface area contributed by atoms with Crippen molar-refractivity contribution in [3.05, 3.63) is 68.7 Å². The zero-order valence-corrected chi connectivity index (χ0v) is 17.7. The van der Waals surface area contributed by atoms with Crippen LogP contribution in [-0.2, 0) is 9.53 Å². The molecule has 0 unspecified atom stereocenters. The van der Waals surface area contributed by atoms with E-state index in [9.17, 15) is 4.79 Å². The number of carbonyl (C=O) groups excluding carboxylic acids is 1. The molecule has 2 aromatic carbocycles. The summed E-state index contributed by atoms with van der Waals surface area (Å²) in [6, 6.07) is 12.2. The molecule has 0 aliphatic carbocycles. The maximum absolute atomic E-state index is 12.7. The van der Waals surface area contributed by atoms with Gasteiger partial charge in [-0.05, 0) is 48.1 Å². The minimum atomic E-state index is -0.552. The smallest absolute Gasteiger partial charge is 0.338 e. The van der Waals surface area contributed by atoms with Gasteiger partial charge in [0.2, 0.25) is 0 Å². The Bertz CT molecular complexity index is 931. The van der Waals surface area contributed by atoms with Crippen LogP contribution in [-0.4, -0.2) is 25.3 Å². The third-order valence-electron chi connectivity index (χ3n) is 4.11. The molecule has 0 bridgehead atoms. The molecule has 1 aliphatic heterocycles. The lowest BCUT2D eigenvalue weighted by Crippen LogP contribution is -2.45. The Morgan fingerprint density at radius 1 is 1.19 bits per heavy atom. The first-order valence-electron chi connectivity index (χ1n) is 7.94. The molecular weight excluding hydrogens is 452 g/mol. The van der Waals surface area contributed by atoms with Crippen LogP contribution in [0, 0.1) is 0 Å². The third kappa shape index (κ3) is 4.10. The highest BCUT2D eigenvalue weighted by Crippen LogP contribution is 2.37. The maximum Gasteiger partial charge on any atom is 0.338 e. The zero-order chi connectivity index (χ0) is 19.6. The Balaban J connectivity index is 2.24. The lowest BCUT2D eigenvalue weighted by molar-refractivity contribution is -0.136. The first-order valence-corrected chi connectivity index (χ1v) is 9.52. The molecule has 140 valence electrons. The molecule has 2 aromatic rings. The predicted molar refractivity (Wildman–Crippen MR) is 113 cm³/mol. The van der Waals surface area contributed by atoms with Gasteiger partial charge in [-0.2, -0.15) is 0 Å². The second kappa shape index (κ2) is 8.29. The fraction of sp³-hybridized carbons (Fsp3) is 0.158. The first kappa shape index (κ1) is 19.7. The number of halogens is 2. The van der Waals surface area contributed by atoms with E-state index in [0.717, 1.165) is 15.6 Å². The topological polar surface area (TPSA) is 59.6 Å². The molecule has 0 saturated heterocycles. The Hall–Kier alpha value is -2.09. The molecule has 27 heavy (non-hydrogen) atoms. The van der Waals surface area contributed by atoms with Crippen molar-refractivity contribution in [1.29, 1.82) is 0 Å². The summed E-state index contributed by atoms with van der Waals surface area (Å²) < 4.78 is 11.4. The second-order valence-corrected chi connectivity index (χ2v) is 7.47. The molecule has 1 heterocycles. The Morgan fingerprint density at radius 2 is 1.89 bits per heavy atom. The van der Waals surface area contributed by atoms with Crippen LogP contribution in [0.2, 0.25) is 5.02 Å². The summed E-state index contributed by atoms with van der Waals surface area (Å²) in [5, 5.41) is 7.20. The molecule has 0 spiro atoms. The van der Waals surface area contributed by atoms with Crippen molar-refractivity contribution in [2.24, 2.45) is 0 Å². The highest BCUT2D eigenvalue weighted by molar-refractivity contribution is 9.10. The standard InChI is InChI=1S/C19H16BrClN2O3S/c1-25-14-8-5-11(20)9-13(14)17-15(18(24)26-2)16(22-19(27)23-17)10-3-6-12(21)7-4-10/h3-9,17H,1-2H3,(H2,22,23,27)/t17-/m1/s1. The van der Waals surface area contributed by atoms with Crippen molar-refractivity contribution in [3.8, 4) is 5.75 Å². The van der Waals surface area contributed by atoms with Gasteiger partial charge in [0.05, 0.1) is 31.5 Å². The van der Waals surface area contributed by atoms with E-state index in [2.05, 4.69) is 26.6 Å². The molecular formula is C19H16BrClN2O3S. The van der Waals surface area contributed by atoms with E-state index in [-0.39, 0.29) is 0 Å². The molecule has 1 atom stereocenters. The summed E-state index contributed by atoms with van der Waals surface area (Å²) in [6.45, 7) is 0. The molecule has 0 radical (unpaired) electrons. The van der Waals surface area contributed by atoms with Crippen LogP contribution in [0.5, 0.6) is 5.75 Å². The maximum atomic E-state index is 12.7. The molecule has 2 N–H and O–H groups in total. The Kier molecular flexibility index (Phi) is 6.04. The molecule has 0 aromatic heterocycles. The zero-order valence-electron chi connectivity index (χ0n) is 14.5. The van der Waals surface area contributed by atoms with Crippen LogP contribution in [0.1, 0.15) is 17.2 Å². The molecule has 0 saturated carbocycles. The van der Waals surface area contributed by atoms with Crippen LogP contribution in [0.3, 0.4) is 0 Å². The molecule has 8 heteroatoms. The predicted octanol–water partition coefficient (Wildman–Crippen LogP) is 4.21. The van der Waals surface area contributed by atoms with E-state index in [1.54, 1.807) is 19.2 Å². The minimum Gasteiger partial charge on any atom is -0.496 e. The molecule has 1 aliphatic rings. The third-order valence-corrected chi connectivity index (χ3v) is 5.08. The van der Waals surface area contributed by atoms with Gasteiger partial charge in [0.15, 0.2) is 5.11 Å². The van der Waals surface area contributed by atoms with Crippen LogP contribution >= 0.6 is 39.7 Å². The fourth-order valence-electron chi connectivity index (χ4n) is 2.90. The second-order valence-electron chi connectivity index (χ2n) is 5.70. The molecule has 5 nitrogen and oxygen atoms in total. The van der Waals surface area contributed by atoms with Gasteiger partial charge in [-0.1, -0.05) is 39.7 Å². The Labute approximate surface area is 175 Å². The van der Waals surface area contributed by atoms with Gasteiger partial charge in [0, 0.05) is 15.1 Å². The monoisotopic (exact) mass is 466 g/mol. The van der Waals surface area contributed by atoms with Crippen LogP contribution in [0.15, 0.2) is 52.5 Å². The number of hydrogen-bond acceptors (Lipinski definition) is 4. The van der Waals surface area contributed by atoms with Gasteiger partial charge in [0.25, 0.3) is 0 Å². The molecule has 0 fully saturated rings. The summed E-state index contributed by atoms with van der Waals surface area (Å²) in [4.78, 5) is 12.7. The van der Waals surface area contributed by atoms with E-state index >= 15 is 0 Å². The quantitative estimate of drug-likeness (QED) is 0.519. The number of carbonyl (C=O) groups is 1. The van der Waals surface area contributed by atoms with Crippen molar-refractivity contribution in [1.82, 2.24) is 10.6 Å². The lowest BCUT2D eigenvalue weighted by atomic mass is 9.92. The molecule has 3 rings (SSSR count). The van der Waals surface area contributed by atoms with Crippen molar-refractivity contribution >= 4 is 56.5 Å². The number of ether oxygens (including phenoxy) is 2. The van der Waals surface area contributed by atoms with Crippen LogP contribution < -0.4 is 15.4 Å². The SMILES string of the molecule is COC(=O)C1=C(c2ccc(Cl)cc2)NC(=S)N[C@@H]1c1cc(Br)ccc1OC. The number of methoxy groups -OCH3 is 2. The molecule has 0 amide bonds. The number of hydrogen-bond donors (Lipinski definition) is 2. The van der Waals surface area contributed by atoms with Crippen LogP contribution in [0.4, 0.5) is 0 Å². The lowest BCUT2D eigenvalue weighted by Gasteiger charge is -2.31. The highest BCUT2D eigenvalue weighted by atomic mass is 79.9. The van der Waals surface area contributed by atoms with Gasteiger partial charge in [-0.15, -0.1) is 0 Å². The van der Waals surface area contributed by atoms with E-state index in [0.29, 0.717) is 27.2 Å². The van der Waals surface area contributed by atoms with E-state index < -0.39 is 12.0 Å². The van der Waals surface area contributed by atoms with Gasteiger partial charge < -0.3 is 20.1 Å². The van der Waals surface area contributed by atoms with Gasteiger partial charge >= 0.3 is 5.97 Å². The number of rotatable bonds is 4. The van der Waals surface area contributed by atoms with E-state index in [1.165, 1.54) is 7.11 Å². The number of thiocarbonyl (C=S) groups is 1. The number of nitrogens with one attached hydrogen (secondary N) is 2. The summed E-state index contributed by atoms with van der Waals surface area (Å²) in [5.74, 6) is 0.145. The fourth-order valence-corrected chi connectivity index (χ4v) is 3.63. The number of esters is 1. The number of benzene rings is 2. The minimum absolute atomic E-state index is 0.389. The summed E-state index contributed by atoms with van der Waals surface area (Å²) >= 11 is 14.9. The Morgan fingerprint density at radius 3 is 2.52 bits per heavy atom. The van der Waals surface area contributed by atoms with E-state index in [4.69, 9.17) is 33.3 Å². The van der Waals surface area contributed by atoms with E-state index in [1.807, 2.05) is 30.3 Å². The van der Waals surface area contributed by atoms with Crippen LogP contribution in [0.25, 0.3) is 5.70 Å². The van der Waals surface area contributed by atoms with Crippen molar-refractivity contribution in [3.63, 3.8) is 0 Å². The van der Waals surface area contributed by atoms with Gasteiger partial charge in [-0.3, -0.25) is 0 Å². The van der Waals surface area contributed by atoms with Gasteiger partial charge in [-0.25, -0.2) is 4.79 Å². The summed E-state index contributed by atoms with van der Waals surface area (Å²) in [7, 11) is 2.92. The largest absolute Gasteiger partial charge is 0.496 e. The van der Waals surface area contributed by atoms with Crippen molar-refractivity contribution in [2.45, 2.75) is 6.04 Å². The average molecular weight is 468 g/mol. The van der Waals surface area contributed by atoms with Crippen molar-refractivity contribution in [2.75, 3.05) is 14.2 Å². The summed E-state index contributed by atoms with van der Waals surface area (Å²) in [5.41, 5.74) is 2.48. The summed E-state index contributed by atoms with van der Waals surface area (Å²) in [6.07, 6.45) is 0. The normalized spacial score (nSPS) is 16.4. The average Bonchev–Trinajstić information content (AvgIpc) is 2.67. The highest BCUT2D eigenvalue weighted by Gasteiger charge is 2.34. The van der Waals surface area contributed by atoms with Crippen molar-refractivity contribution < 1.29 is 14.3 Å². The van der Waals surface area contributed by atoms with Gasteiger partial charge in [0.1, 0.15) is 5.75 Å².